The van der Waals surface area contributed by atoms with Crippen LogP contribution in [0.5, 0.6) is 0 Å². The van der Waals surface area contributed by atoms with Crippen LogP contribution in [0.1, 0.15) is 44.6 Å². The van der Waals surface area contributed by atoms with E-state index in [1.54, 1.807) is 12.1 Å². The quantitative estimate of drug-likeness (QED) is 0.843. The third-order valence-corrected chi connectivity index (χ3v) is 5.26. The van der Waals surface area contributed by atoms with E-state index in [2.05, 4.69) is 17.9 Å². The lowest BCUT2D eigenvalue weighted by Gasteiger charge is -2.38. The van der Waals surface area contributed by atoms with Crippen molar-refractivity contribution in [1.82, 2.24) is 9.80 Å². The van der Waals surface area contributed by atoms with Gasteiger partial charge in [0.1, 0.15) is 5.82 Å². The number of halogens is 1. The summed E-state index contributed by atoms with van der Waals surface area (Å²) in [5, 5.41) is 0. The minimum Gasteiger partial charge on any atom is -0.341 e. The van der Waals surface area contributed by atoms with Gasteiger partial charge in [-0.3, -0.25) is 9.69 Å². The van der Waals surface area contributed by atoms with E-state index in [0.29, 0.717) is 5.91 Å². The number of piperidine rings is 2. The van der Waals surface area contributed by atoms with Crippen molar-refractivity contribution in [2.45, 2.75) is 45.1 Å². The number of rotatable bonds is 3. The number of nitrogens with zero attached hydrogens (tertiary/aromatic N) is 2. The third kappa shape index (κ3) is 4.04. The second-order valence-electron chi connectivity index (χ2n) is 6.82. The van der Waals surface area contributed by atoms with Crippen molar-refractivity contribution in [1.29, 1.82) is 0 Å². The van der Waals surface area contributed by atoms with E-state index < -0.39 is 0 Å². The Balaban J connectivity index is 1.58. The smallest absolute Gasteiger partial charge is 0.239 e. The second kappa shape index (κ2) is 7.93. The lowest BCUT2D eigenvalue weighted by Crippen LogP contribution is -2.52. The molecule has 0 spiro atoms. The molecule has 0 N–H and O–H groups in total. The molecule has 1 aromatic carbocycles. The van der Waals surface area contributed by atoms with Gasteiger partial charge in [0.2, 0.25) is 5.91 Å². The number of hydrogen-bond donors (Lipinski definition) is 0. The summed E-state index contributed by atoms with van der Waals surface area (Å²) in [5.74, 6) is 0.114. The van der Waals surface area contributed by atoms with E-state index in [4.69, 9.17) is 0 Å². The summed E-state index contributed by atoms with van der Waals surface area (Å²) in [6, 6.07) is 6.69. The van der Waals surface area contributed by atoms with Crippen LogP contribution in [-0.4, -0.2) is 47.9 Å². The molecule has 130 valence electrons. The molecule has 2 aliphatic rings. The molecule has 0 bridgehead atoms. The van der Waals surface area contributed by atoms with E-state index in [1.807, 2.05) is 4.90 Å². The maximum atomic E-state index is 13.0. The zero-order chi connectivity index (χ0) is 16.9. The van der Waals surface area contributed by atoms with Crippen molar-refractivity contribution >= 4 is 12.0 Å². The summed E-state index contributed by atoms with van der Waals surface area (Å²) in [6.45, 7) is 5.77. The average Bonchev–Trinajstić information content (AvgIpc) is 2.63. The number of amides is 1. The first kappa shape index (κ1) is 17.2. The van der Waals surface area contributed by atoms with E-state index in [0.717, 1.165) is 57.4 Å². The van der Waals surface area contributed by atoms with Crippen LogP contribution in [0.25, 0.3) is 6.08 Å². The van der Waals surface area contributed by atoms with Crippen LogP contribution < -0.4 is 0 Å². The minimum absolute atomic E-state index is 0.0892. The number of benzene rings is 1. The van der Waals surface area contributed by atoms with Crippen molar-refractivity contribution in [3.8, 4) is 0 Å². The summed E-state index contributed by atoms with van der Waals surface area (Å²) in [6.07, 6.45) is 7.35. The Kier molecular flexibility index (Phi) is 5.67. The van der Waals surface area contributed by atoms with E-state index in [-0.39, 0.29) is 11.9 Å². The molecule has 1 amide bonds. The Bertz CT molecular complexity index is 586. The number of carbonyl (C=O) groups excluding carboxylic acids is 1. The Hall–Kier alpha value is -1.68. The summed E-state index contributed by atoms with van der Waals surface area (Å²) in [5.41, 5.74) is 2.39. The highest BCUT2D eigenvalue weighted by molar-refractivity contribution is 5.82. The molecule has 2 aliphatic heterocycles. The predicted molar refractivity (Wildman–Crippen MR) is 95.1 cm³/mol. The second-order valence-corrected chi connectivity index (χ2v) is 6.82. The fourth-order valence-corrected chi connectivity index (χ4v) is 3.81. The summed E-state index contributed by atoms with van der Waals surface area (Å²) in [4.78, 5) is 17.2. The molecular weight excluding hydrogens is 303 g/mol. The Morgan fingerprint density at radius 1 is 1.17 bits per heavy atom. The molecule has 1 aromatic rings. The van der Waals surface area contributed by atoms with Crippen molar-refractivity contribution < 1.29 is 9.18 Å². The molecule has 0 saturated carbocycles. The van der Waals surface area contributed by atoms with Gasteiger partial charge in [0, 0.05) is 13.1 Å². The first-order valence-electron chi connectivity index (χ1n) is 9.15. The first-order valence-corrected chi connectivity index (χ1v) is 9.15. The number of likely N-dealkylation sites (tertiary alicyclic amines) is 2. The predicted octanol–water partition coefficient (Wildman–Crippen LogP) is 3.71. The van der Waals surface area contributed by atoms with Crippen LogP contribution in [0.15, 0.2) is 29.8 Å². The van der Waals surface area contributed by atoms with Gasteiger partial charge in [-0.1, -0.05) is 37.1 Å². The number of hydrogen-bond acceptors (Lipinski definition) is 2. The highest BCUT2D eigenvalue weighted by Gasteiger charge is 2.31. The molecule has 2 heterocycles. The topological polar surface area (TPSA) is 23.6 Å². The molecule has 0 aliphatic carbocycles. The Morgan fingerprint density at radius 2 is 1.88 bits per heavy atom. The van der Waals surface area contributed by atoms with Crippen molar-refractivity contribution in [3.63, 3.8) is 0 Å². The lowest BCUT2D eigenvalue weighted by molar-refractivity contribution is -0.138. The van der Waals surface area contributed by atoms with E-state index in [1.165, 1.54) is 24.1 Å². The van der Waals surface area contributed by atoms with Gasteiger partial charge in [0.05, 0.1) is 6.04 Å². The normalized spacial score (nSPS) is 22.5. The summed E-state index contributed by atoms with van der Waals surface area (Å²) < 4.78 is 13.0. The lowest BCUT2D eigenvalue weighted by atomic mass is 9.97. The van der Waals surface area contributed by atoms with Crippen LogP contribution in [0.2, 0.25) is 0 Å². The zero-order valence-electron chi connectivity index (χ0n) is 14.5. The van der Waals surface area contributed by atoms with Crippen LogP contribution in [0.4, 0.5) is 4.39 Å². The molecule has 1 unspecified atom stereocenters. The number of likely N-dealkylation sites (N-methyl/N-ethyl adjacent to an activating group) is 1. The Morgan fingerprint density at radius 3 is 2.54 bits per heavy atom. The first-order chi connectivity index (χ1) is 11.7. The van der Waals surface area contributed by atoms with Gasteiger partial charge in [0.15, 0.2) is 0 Å². The van der Waals surface area contributed by atoms with E-state index in [9.17, 15) is 9.18 Å². The third-order valence-electron chi connectivity index (χ3n) is 5.26. The fraction of sp³-hybridized carbons (Fsp3) is 0.550. The van der Waals surface area contributed by atoms with Gasteiger partial charge >= 0.3 is 0 Å². The Labute approximate surface area is 144 Å². The van der Waals surface area contributed by atoms with Crippen molar-refractivity contribution in [3.05, 3.63) is 41.2 Å². The fourth-order valence-electron chi connectivity index (χ4n) is 3.81. The largest absolute Gasteiger partial charge is 0.341 e. The van der Waals surface area contributed by atoms with Gasteiger partial charge in [-0.25, -0.2) is 4.39 Å². The van der Waals surface area contributed by atoms with Gasteiger partial charge in [0.25, 0.3) is 0 Å². The molecule has 2 fully saturated rings. The van der Waals surface area contributed by atoms with Crippen molar-refractivity contribution in [2.75, 3.05) is 26.2 Å². The maximum absolute atomic E-state index is 13.0. The molecule has 1 atom stereocenters. The van der Waals surface area contributed by atoms with Crippen LogP contribution in [0.3, 0.4) is 0 Å². The van der Waals surface area contributed by atoms with Gasteiger partial charge in [-0.15, -0.1) is 0 Å². The van der Waals surface area contributed by atoms with E-state index >= 15 is 0 Å². The molecular formula is C20H27FN2O. The van der Waals surface area contributed by atoms with Crippen LogP contribution in [0, 0.1) is 5.82 Å². The SMILES string of the molecule is CCN1CCCCC1C(=O)N1CCC(=Cc2ccc(F)cc2)CC1. The molecule has 0 radical (unpaired) electrons. The van der Waals surface area contributed by atoms with Crippen molar-refractivity contribution in [2.24, 2.45) is 0 Å². The molecule has 2 saturated heterocycles. The molecule has 0 aromatic heterocycles. The zero-order valence-corrected chi connectivity index (χ0v) is 14.5. The van der Waals surface area contributed by atoms with Gasteiger partial charge in [-0.2, -0.15) is 0 Å². The van der Waals surface area contributed by atoms with Gasteiger partial charge < -0.3 is 4.90 Å². The minimum atomic E-state index is -0.203. The van der Waals surface area contributed by atoms with Crippen LogP contribution in [-0.2, 0) is 4.79 Å². The summed E-state index contributed by atoms with van der Waals surface area (Å²) in [7, 11) is 0. The van der Waals surface area contributed by atoms with Crippen LogP contribution >= 0.6 is 0 Å². The average molecular weight is 330 g/mol. The highest BCUT2D eigenvalue weighted by atomic mass is 19.1. The number of carbonyl (C=O) groups is 1. The molecule has 3 rings (SSSR count). The molecule has 4 heteroatoms. The monoisotopic (exact) mass is 330 g/mol. The molecule has 24 heavy (non-hydrogen) atoms. The standard InChI is InChI=1S/C20H27FN2O/c1-2-22-12-4-3-5-19(22)20(24)23-13-10-17(11-14-23)15-16-6-8-18(21)9-7-16/h6-9,15,19H,2-5,10-14H2,1H3. The van der Waals surface area contributed by atoms with Gasteiger partial charge in [-0.05, 0) is 56.5 Å². The maximum Gasteiger partial charge on any atom is 0.239 e. The summed E-state index contributed by atoms with van der Waals surface area (Å²) >= 11 is 0. The molecule has 3 nitrogen and oxygen atoms in total. The highest BCUT2D eigenvalue weighted by Crippen LogP contribution is 2.23.